The van der Waals surface area contributed by atoms with Crippen LogP contribution < -0.4 is 16.2 Å². The van der Waals surface area contributed by atoms with Gasteiger partial charge in [0.05, 0.1) is 6.61 Å². The molecule has 4 nitrogen and oxygen atoms in total. The first kappa shape index (κ1) is 15.3. The van der Waals surface area contributed by atoms with Gasteiger partial charge in [0.1, 0.15) is 5.75 Å². The molecule has 4 heteroatoms. The van der Waals surface area contributed by atoms with Gasteiger partial charge >= 0.3 is 0 Å². The summed E-state index contributed by atoms with van der Waals surface area (Å²) in [6.07, 6.45) is 3.95. The molecule has 1 saturated heterocycles. The van der Waals surface area contributed by atoms with Crippen LogP contribution in [0, 0.1) is 0 Å². The predicted molar refractivity (Wildman–Crippen MR) is 82.7 cm³/mol. The van der Waals surface area contributed by atoms with Crippen molar-refractivity contribution in [2.45, 2.75) is 38.8 Å². The van der Waals surface area contributed by atoms with E-state index in [1.54, 1.807) is 0 Å². The molecule has 1 heterocycles. The van der Waals surface area contributed by atoms with Crippen LogP contribution in [-0.4, -0.2) is 31.1 Å². The third kappa shape index (κ3) is 3.95. The van der Waals surface area contributed by atoms with E-state index in [0.717, 1.165) is 17.9 Å². The topological polar surface area (TPSA) is 64.5 Å². The van der Waals surface area contributed by atoms with E-state index < -0.39 is 0 Å². The number of piperidine rings is 1. The minimum atomic E-state index is -0.0919. The molecule has 0 aromatic heterocycles. The van der Waals surface area contributed by atoms with Crippen LogP contribution in [-0.2, 0) is 6.54 Å². The van der Waals surface area contributed by atoms with E-state index in [1.165, 1.54) is 37.9 Å². The van der Waals surface area contributed by atoms with Crippen LogP contribution in [0.25, 0.3) is 0 Å². The summed E-state index contributed by atoms with van der Waals surface area (Å²) < 4.78 is 5.75. The standard InChI is InChI=1S/C16H27N3O/c1-2-20-16-7-6-13(15(18)11-17)10-14(16)12-19-8-4-3-5-9-19/h6-7,10,15H,2-5,8-9,11-12,17-18H2,1H3. The number of likely N-dealkylation sites (tertiary alicyclic amines) is 1. The number of benzene rings is 1. The van der Waals surface area contributed by atoms with Gasteiger partial charge in [0.25, 0.3) is 0 Å². The Hall–Kier alpha value is -1.10. The summed E-state index contributed by atoms with van der Waals surface area (Å²) in [5.74, 6) is 0.978. The minimum absolute atomic E-state index is 0.0919. The lowest BCUT2D eigenvalue weighted by atomic mass is 10.0. The third-order valence-electron chi connectivity index (χ3n) is 3.91. The van der Waals surface area contributed by atoms with Crippen molar-refractivity contribution in [3.05, 3.63) is 29.3 Å². The molecule has 1 unspecified atom stereocenters. The molecule has 1 fully saturated rings. The number of nitrogens with zero attached hydrogens (tertiary/aromatic N) is 1. The van der Waals surface area contributed by atoms with Gasteiger partial charge in [-0.1, -0.05) is 12.5 Å². The Morgan fingerprint density at radius 1 is 1.25 bits per heavy atom. The Morgan fingerprint density at radius 3 is 2.65 bits per heavy atom. The second-order valence-electron chi connectivity index (χ2n) is 5.48. The van der Waals surface area contributed by atoms with E-state index in [-0.39, 0.29) is 6.04 Å². The summed E-state index contributed by atoms with van der Waals surface area (Å²) in [6, 6.07) is 6.14. The number of hydrogen-bond donors (Lipinski definition) is 2. The fourth-order valence-corrected chi connectivity index (χ4v) is 2.74. The highest BCUT2D eigenvalue weighted by Gasteiger charge is 2.15. The summed E-state index contributed by atoms with van der Waals surface area (Å²) >= 11 is 0. The zero-order valence-electron chi connectivity index (χ0n) is 12.5. The molecule has 0 bridgehead atoms. The predicted octanol–water partition coefficient (Wildman–Crippen LogP) is 2.03. The number of rotatable bonds is 6. The molecule has 0 aliphatic carbocycles. The molecular formula is C16H27N3O. The first-order valence-electron chi connectivity index (χ1n) is 7.68. The molecule has 20 heavy (non-hydrogen) atoms. The molecule has 112 valence electrons. The number of nitrogens with two attached hydrogens (primary N) is 2. The molecule has 1 aromatic rings. The molecule has 1 aliphatic rings. The Balaban J connectivity index is 2.16. The average molecular weight is 277 g/mol. The highest BCUT2D eigenvalue weighted by molar-refractivity contribution is 5.38. The molecule has 1 atom stereocenters. The average Bonchev–Trinajstić information content (AvgIpc) is 2.49. The van der Waals surface area contributed by atoms with Gasteiger partial charge in [0.15, 0.2) is 0 Å². The van der Waals surface area contributed by atoms with Crippen LogP contribution in [0.5, 0.6) is 5.75 Å². The molecule has 0 saturated carbocycles. The zero-order chi connectivity index (χ0) is 14.4. The Bertz CT molecular complexity index is 416. The monoisotopic (exact) mass is 277 g/mol. The van der Waals surface area contributed by atoms with E-state index in [0.29, 0.717) is 13.2 Å². The van der Waals surface area contributed by atoms with Crippen molar-refractivity contribution in [3.8, 4) is 5.75 Å². The molecule has 0 spiro atoms. The van der Waals surface area contributed by atoms with E-state index >= 15 is 0 Å². The van der Waals surface area contributed by atoms with Gasteiger partial charge in [-0.15, -0.1) is 0 Å². The van der Waals surface area contributed by atoms with Crippen molar-refractivity contribution >= 4 is 0 Å². The van der Waals surface area contributed by atoms with E-state index in [2.05, 4.69) is 11.0 Å². The number of ether oxygens (including phenoxy) is 1. The third-order valence-corrected chi connectivity index (χ3v) is 3.91. The summed E-state index contributed by atoms with van der Waals surface area (Å²) in [4.78, 5) is 2.50. The van der Waals surface area contributed by atoms with Crippen LogP contribution in [0.2, 0.25) is 0 Å². The minimum Gasteiger partial charge on any atom is -0.494 e. The SMILES string of the molecule is CCOc1ccc(C(N)CN)cc1CN1CCCCC1. The van der Waals surface area contributed by atoms with E-state index in [4.69, 9.17) is 16.2 Å². The summed E-state index contributed by atoms with van der Waals surface area (Å²) in [7, 11) is 0. The van der Waals surface area contributed by atoms with Crippen molar-refractivity contribution in [3.63, 3.8) is 0 Å². The Kier molecular flexibility index (Phi) is 5.83. The maximum atomic E-state index is 6.04. The fourth-order valence-electron chi connectivity index (χ4n) is 2.74. The van der Waals surface area contributed by atoms with Crippen LogP contribution in [0.1, 0.15) is 43.4 Å². The molecule has 4 N–H and O–H groups in total. The van der Waals surface area contributed by atoms with Crippen molar-refractivity contribution in [2.24, 2.45) is 11.5 Å². The van der Waals surface area contributed by atoms with E-state index in [1.807, 2.05) is 19.1 Å². The van der Waals surface area contributed by atoms with Crippen LogP contribution >= 0.6 is 0 Å². The van der Waals surface area contributed by atoms with Crippen molar-refractivity contribution in [1.82, 2.24) is 4.90 Å². The van der Waals surface area contributed by atoms with Gasteiger partial charge in [-0.25, -0.2) is 0 Å². The van der Waals surface area contributed by atoms with Gasteiger partial charge in [-0.2, -0.15) is 0 Å². The van der Waals surface area contributed by atoms with Crippen molar-refractivity contribution in [2.75, 3.05) is 26.2 Å². The first-order valence-corrected chi connectivity index (χ1v) is 7.68. The Labute approximate surface area is 122 Å². The Morgan fingerprint density at radius 2 is 2.00 bits per heavy atom. The second-order valence-corrected chi connectivity index (χ2v) is 5.48. The van der Waals surface area contributed by atoms with Crippen molar-refractivity contribution in [1.29, 1.82) is 0 Å². The lowest BCUT2D eigenvalue weighted by Gasteiger charge is -2.27. The summed E-state index contributed by atoms with van der Waals surface area (Å²) in [6.45, 7) is 6.48. The van der Waals surface area contributed by atoms with Crippen LogP contribution in [0.4, 0.5) is 0 Å². The second kappa shape index (κ2) is 7.62. The highest BCUT2D eigenvalue weighted by atomic mass is 16.5. The van der Waals surface area contributed by atoms with Crippen LogP contribution in [0.3, 0.4) is 0 Å². The first-order chi connectivity index (χ1) is 9.74. The molecule has 0 radical (unpaired) electrons. The maximum Gasteiger partial charge on any atom is 0.123 e. The molecule has 1 aliphatic heterocycles. The van der Waals surface area contributed by atoms with E-state index in [9.17, 15) is 0 Å². The molecule has 0 amide bonds. The highest BCUT2D eigenvalue weighted by Crippen LogP contribution is 2.25. The number of hydrogen-bond acceptors (Lipinski definition) is 4. The summed E-state index contributed by atoms with van der Waals surface area (Å²) in [5, 5.41) is 0. The van der Waals surface area contributed by atoms with Gasteiger partial charge < -0.3 is 16.2 Å². The van der Waals surface area contributed by atoms with Gasteiger partial charge in [0, 0.05) is 24.7 Å². The maximum absolute atomic E-state index is 6.04. The molecular weight excluding hydrogens is 250 g/mol. The fraction of sp³-hybridized carbons (Fsp3) is 0.625. The summed E-state index contributed by atoms with van der Waals surface area (Å²) in [5.41, 5.74) is 14.0. The lowest BCUT2D eigenvalue weighted by molar-refractivity contribution is 0.216. The largest absolute Gasteiger partial charge is 0.494 e. The molecule has 2 rings (SSSR count). The van der Waals surface area contributed by atoms with Crippen molar-refractivity contribution < 1.29 is 4.74 Å². The molecule has 1 aromatic carbocycles. The quantitative estimate of drug-likeness (QED) is 0.835. The van der Waals surface area contributed by atoms with Gasteiger partial charge in [-0.05, 0) is 50.6 Å². The zero-order valence-corrected chi connectivity index (χ0v) is 12.5. The lowest BCUT2D eigenvalue weighted by Crippen LogP contribution is -2.29. The smallest absolute Gasteiger partial charge is 0.123 e. The normalized spacial score (nSPS) is 17.9. The van der Waals surface area contributed by atoms with Gasteiger partial charge in [0.2, 0.25) is 0 Å². The van der Waals surface area contributed by atoms with Crippen LogP contribution in [0.15, 0.2) is 18.2 Å². The van der Waals surface area contributed by atoms with Gasteiger partial charge in [-0.3, -0.25) is 4.90 Å².